The molecule has 0 unspecified atom stereocenters. The fourth-order valence-electron chi connectivity index (χ4n) is 1.35. The first-order valence-electron chi connectivity index (χ1n) is 5.31. The molecule has 0 radical (unpaired) electrons. The van der Waals surface area contributed by atoms with Crippen molar-refractivity contribution in [2.45, 2.75) is 19.8 Å². The summed E-state index contributed by atoms with van der Waals surface area (Å²) >= 11 is 0. The molecular formula is C12H19ClN2O. The lowest BCUT2D eigenvalue weighted by Gasteiger charge is -2.04. The third-order valence-electron chi connectivity index (χ3n) is 2.26. The van der Waals surface area contributed by atoms with Gasteiger partial charge in [-0.3, -0.25) is 4.79 Å². The van der Waals surface area contributed by atoms with Crippen LogP contribution in [0.3, 0.4) is 0 Å². The zero-order valence-electron chi connectivity index (χ0n) is 9.53. The third kappa shape index (κ3) is 5.14. The van der Waals surface area contributed by atoms with Gasteiger partial charge in [0.2, 0.25) is 5.91 Å². The topological polar surface area (TPSA) is 55.1 Å². The summed E-state index contributed by atoms with van der Waals surface area (Å²) < 4.78 is 0. The monoisotopic (exact) mass is 242 g/mol. The molecule has 1 amide bonds. The van der Waals surface area contributed by atoms with E-state index < -0.39 is 0 Å². The van der Waals surface area contributed by atoms with E-state index in [9.17, 15) is 4.79 Å². The lowest BCUT2D eigenvalue weighted by atomic mass is 10.1. The van der Waals surface area contributed by atoms with Crippen LogP contribution in [0, 0.1) is 0 Å². The van der Waals surface area contributed by atoms with Crippen molar-refractivity contribution < 1.29 is 4.79 Å². The van der Waals surface area contributed by atoms with Gasteiger partial charge >= 0.3 is 0 Å². The zero-order chi connectivity index (χ0) is 11.1. The fraction of sp³-hybridized carbons (Fsp3) is 0.417. The molecule has 0 spiro atoms. The summed E-state index contributed by atoms with van der Waals surface area (Å²) in [4.78, 5) is 11.4. The number of amides is 1. The van der Waals surface area contributed by atoms with Crippen LogP contribution in [0.2, 0.25) is 0 Å². The molecule has 0 aromatic heterocycles. The van der Waals surface area contributed by atoms with E-state index >= 15 is 0 Å². The largest absolute Gasteiger partial charge is 0.355 e. The van der Waals surface area contributed by atoms with Crippen molar-refractivity contribution in [2.75, 3.05) is 13.1 Å². The Balaban J connectivity index is 0.00000225. The van der Waals surface area contributed by atoms with Gasteiger partial charge in [0.1, 0.15) is 0 Å². The van der Waals surface area contributed by atoms with Crippen molar-refractivity contribution in [3.63, 3.8) is 0 Å². The van der Waals surface area contributed by atoms with Crippen LogP contribution in [0.1, 0.15) is 18.1 Å². The standard InChI is InChI=1S/C12H18N2O.ClH/c1-2-10-3-5-11(6-4-10)9-12(15)14-8-7-13;/h3-6H,2,7-9,13H2,1H3,(H,14,15);1H. The molecule has 3 nitrogen and oxygen atoms in total. The van der Waals surface area contributed by atoms with Gasteiger partial charge in [-0.15, -0.1) is 12.4 Å². The summed E-state index contributed by atoms with van der Waals surface area (Å²) in [6, 6.07) is 8.12. The Bertz CT molecular complexity index is 311. The zero-order valence-corrected chi connectivity index (χ0v) is 10.3. The van der Waals surface area contributed by atoms with Crippen LogP contribution in [0.25, 0.3) is 0 Å². The number of nitrogens with one attached hydrogen (secondary N) is 1. The molecule has 0 aliphatic carbocycles. The van der Waals surface area contributed by atoms with Crippen molar-refractivity contribution in [3.8, 4) is 0 Å². The molecule has 3 N–H and O–H groups in total. The number of carbonyl (C=O) groups is 1. The number of benzene rings is 1. The number of halogens is 1. The molecule has 0 bridgehead atoms. The van der Waals surface area contributed by atoms with Crippen molar-refractivity contribution in [2.24, 2.45) is 5.73 Å². The first-order chi connectivity index (χ1) is 7.26. The minimum Gasteiger partial charge on any atom is -0.355 e. The van der Waals surface area contributed by atoms with Crippen LogP contribution in [0.15, 0.2) is 24.3 Å². The summed E-state index contributed by atoms with van der Waals surface area (Å²) in [5, 5.41) is 2.75. The van der Waals surface area contributed by atoms with Gasteiger partial charge in [0.15, 0.2) is 0 Å². The molecule has 0 heterocycles. The van der Waals surface area contributed by atoms with E-state index in [-0.39, 0.29) is 18.3 Å². The molecular weight excluding hydrogens is 224 g/mol. The number of carbonyl (C=O) groups excluding carboxylic acids is 1. The van der Waals surface area contributed by atoms with E-state index in [1.165, 1.54) is 5.56 Å². The van der Waals surface area contributed by atoms with Gasteiger partial charge < -0.3 is 11.1 Å². The average Bonchev–Trinajstić information content (AvgIpc) is 2.27. The molecule has 4 heteroatoms. The summed E-state index contributed by atoms with van der Waals surface area (Å²) in [6.07, 6.45) is 1.46. The maximum absolute atomic E-state index is 11.4. The minimum absolute atomic E-state index is 0. The number of hydrogen-bond donors (Lipinski definition) is 2. The highest BCUT2D eigenvalue weighted by Gasteiger charge is 2.01. The average molecular weight is 243 g/mol. The number of aryl methyl sites for hydroxylation is 1. The molecule has 0 saturated carbocycles. The molecule has 1 aromatic carbocycles. The fourth-order valence-corrected chi connectivity index (χ4v) is 1.35. The van der Waals surface area contributed by atoms with Gasteiger partial charge in [-0.25, -0.2) is 0 Å². The number of rotatable bonds is 5. The summed E-state index contributed by atoms with van der Waals surface area (Å²) in [7, 11) is 0. The number of nitrogens with two attached hydrogens (primary N) is 1. The van der Waals surface area contributed by atoms with E-state index in [0.29, 0.717) is 19.5 Å². The smallest absolute Gasteiger partial charge is 0.224 e. The van der Waals surface area contributed by atoms with E-state index in [0.717, 1.165) is 12.0 Å². The van der Waals surface area contributed by atoms with Gasteiger partial charge in [-0.1, -0.05) is 31.2 Å². The van der Waals surface area contributed by atoms with Gasteiger partial charge in [0, 0.05) is 13.1 Å². The molecule has 1 rings (SSSR count). The van der Waals surface area contributed by atoms with Crippen LogP contribution in [-0.2, 0) is 17.6 Å². The second kappa shape index (κ2) is 8.13. The van der Waals surface area contributed by atoms with Crippen LogP contribution in [0.5, 0.6) is 0 Å². The predicted molar refractivity (Wildman–Crippen MR) is 68.8 cm³/mol. The molecule has 0 aliphatic rings. The quantitative estimate of drug-likeness (QED) is 0.818. The summed E-state index contributed by atoms with van der Waals surface area (Å²) in [5.41, 5.74) is 7.63. The lowest BCUT2D eigenvalue weighted by molar-refractivity contribution is -0.120. The van der Waals surface area contributed by atoms with E-state index in [4.69, 9.17) is 5.73 Å². The highest BCUT2D eigenvalue weighted by atomic mass is 35.5. The van der Waals surface area contributed by atoms with Crippen LogP contribution in [0.4, 0.5) is 0 Å². The Morgan fingerprint density at radius 1 is 1.25 bits per heavy atom. The molecule has 1 aromatic rings. The summed E-state index contributed by atoms with van der Waals surface area (Å²) in [6.45, 7) is 3.15. The third-order valence-corrected chi connectivity index (χ3v) is 2.26. The maximum Gasteiger partial charge on any atom is 0.224 e. The molecule has 0 aliphatic heterocycles. The summed E-state index contributed by atoms with van der Waals surface area (Å²) in [5.74, 6) is 0.0321. The Hall–Kier alpha value is -1.06. The Kier molecular flexibility index (Phi) is 7.60. The highest BCUT2D eigenvalue weighted by molar-refractivity contribution is 5.85. The Morgan fingerprint density at radius 3 is 2.31 bits per heavy atom. The van der Waals surface area contributed by atoms with Gasteiger partial charge in [-0.05, 0) is 17.5 Å². The normalized spacial score (nSPS) is 9.38. The molecule has 0 atom stereocenters. The van der Waals surface area contributed by atoms with E-state index in [2.05, 4.69) is 24.4 Å². The maximum atomic E-state index is 11.4. The first-order valence-corrected chi connectivity index (χ1v) is 5.31. The molecule has 90 valence electrons. The molecule has 16 heavy (non-hydrogen) atoms. The second-order valence-corrected chi connectivity index (χ2v) is 3.49. The van der Waals surface area contributed by atoms with Crippen LogP contribution < -0.4 is 11.1 Å². The van der Waals surface area contributed by atoms with Crippen molar-refractivity contribution in [1.29, 1.82) is 0 Å². The Morgan fingerprint density at radius 2 is 1.81 bits per heavy atom. The van der Waals surface area contributed by atoms with Crippen LogP contribution in [-0.4, -0.2) is 19.0 Å². The highest BCUT2D eigenvalue weighted by Crippen LogP contribution is 2.05. The second-order valence-electron chi connectivity index (χ2n) is 3.49. The van der Waals surface area contributed by atoms with Gasteiger partial charge in [0.05, 0.1) is 6.42 Å². The van der Waals surface area contributed by atoms with Crippen LogP contribution >= 0.6 is 12.4 Å². The van der Waals surface area contributed by atoms with E-state index in [1.807, 2.05) is 12.1 Å². The van der Waals surface area contributed by atoms with Crippen molar-refractivity contribution in [3.05, 3.63) is 35.4 Å². The first kappa shape index (κ1) is 14.9. The lowest BCUT2D eigenvalue weighted by Crippen LogP contribution is -2.30. The SMILES string of the molecule is CCc1ccc(CC(=O)NCCN)cc1.Cl. The van der Waals surface area contributed by atoms with Crippen molar-refractivity contribution in [1.82, 2.24) is 5.32 Å². The van der Waals surface area contributed by atoms with Gasteiger partial charge in [0.25, 0.3) is 0 Å². The number of hydrogen-bond acceptors (Lipinski definition) is 2. The minimum atomic E-state index is 0. The van der Waals surface area contributed by atoms with E-state index in [1.54, 1.807) is 0 Å². The Labute approximate surface area is 103 Å². The predicted octanol–water partition coefficient (Wildman–Crippen LogP) is 1.29. The van der Waals surface area contributed by atoms with Crippen molar-refractivity contribution >= 4 is 18.3 Å². The van der Waals surface area contributed by atoms with Gasteiger partial charge in [-0.2, -0.15) is 0 Å². The molecule has 0 saturated heterocycles. The molecule has 0 fully saturated rings.